The van der Waals surface area contributed by atoms with Crippen LogP contribution >= 0.6 is 11.6 Å². The monoisotopic (exact) mass is 225 g/mol. The van der Waals surface area contributed by atoms with Crippen LogP contribution in [0.4, 0.5) is 0 Å². The fourth-order valence-electron chi connectivity index (χ4n) is 1.98. The molecule has 1 fully saturated rings. The van der Waals surface area contributed by atoms with Gasteiger partial charge < -0.3 is 10.1 Å². The van der Waals surface area contributed by atoms with Crippen molar-refractivity contribution in [3.63, 3.8) is 0 Å². The van der Waals surface area contributed by atoms with Crippen LogP contribution in [0.1, 0.15) is 12.5 Å². The normalized spacial score (nSPS) is 27.3. The Bertz CT molecular complexity index is 332. The van der Waals surface area contributed by atoms with E-state index in [0.29, 0.717) is 0 Å². The lowest BCUT2D eigenvalue weighted by Crippen LogP contribution is -2.37. The van der Waals surface area contributed by atoms with Crippen molar-refractivity contribution in [2.75, 3.05) is 26.3 Å². The van der Waals surface area contributed by atoms with Crippen molar-refractivity contribution < 1.29 is 4.74 Å². The Hall–Kier alpha value is -0.570. The van der Waals surface area contributed by atoms with Gasteiger partial charge in [-0.2, -0.15) is 0 Å². The number of benzene rings is 1. The van der Waals surface area contributed by atoms with E-state index in [4.69, 9.17) is 16.3 Å². The number of hydrogen-bond acceptors (Lipinski definition) is 2. The molecule has 0 saturated carbocycles. The maximum Gasteiger partial charge on any atom is 0.0591 e. The third kappa shape index (κ3) is 2.33. The Morgan fingerprint density at radius 3 is 3.00 bits per heavy atom. The highest BCUT2D eigenvalue weighted by molar-refractivity contribution is 6.31. The van der Waals surface area contributed by atoms with Gasteiger partial charge in [0.2, 0.25) is 0 Å². The second-order valence-electron chi connectivity index (χ2n) is 4.27. The number of hydrogen-bond donors (Lipinski definition) is 1. The minimum absolute atomic E-state index is 0.0190. The van der Waals surface area contributed by atoms with Crippen LogP contribution in [0.15, 0.2) is 24.3 Å². The lowest BCUT2D eigenvalue weighted by atomic mass is 9.83. The minimum Gasteiger partial charge on any atom is -0.379 e. The molecule has 1 unspecified atom stereocenters. The topological polar surface area (TPSA) is 21.3 Å². The summed E-state index contributed by atoms with van der Waals surface area (Å²) in [5.74, 6) is 0. The lowest BCUT2D eigenvalue weighted by molar-refractivity contribution is 0.113. The molecular weight excluding hydrogens is 210 g/mol. The van der Waals surface area contributed by atoms with Crippen LogP contribution in [0.25, 0.3) is 0 Å². The van der Waals surface area contributed by atoms with Gasteiger partial charge in [0.15, 0.2) is 0 Å². The van der Waals surface area contributed by atoms with E-state index >= 15 is 0 Å². The van der Waals surface area contributed by atoms with Crippen LogP contribution in [-0.4, -0.2) is 26.3 Å². The molecule has 1 atom stereocenters. The molecule has 1 aliphatic rings. The molecule has 0 amide bonds. The van der Waals surface area contributed by atoms with E-state index in [9.17, 15) is 0 Å². The average Bonchev–Trinajstić information content (AvgIpc) is 2.44. The Labute approximate surface area is 95.6 Å². The average molecular weight is 226 g/mol. The Balaban J connectivity index is 2.30. The maximum absolute atomic E-state index is 6.22. The summed E-state index contributed by atoms with van der Waals surface area (Å²) in [6.45, 7) is 5.52. The van der Waals surface area contributed by atoms with Gasteiger partial charge in [-0.15, -0.1) is 0 Å². The van der Waals surface area contributed by atoms with Crippen LogP contribution in [0.5, 0.6) is 0 Å². The predicted octanol–water partition coefficient (Wildman–Crippen LogP) is 2.22. The summed E-state index contributed by atoms with van der Waals surface area (Å²) in [5, 5.41) is 4.21. The molecule has 1 aromatic rings. The molecule has 0 aromatic heterocycles. The summed E-state index contributed by atoms with van der Waals surface area (Å²) in [6.07, 6.45) is 0. The van der Waals surface area contributed by atoms with E-state index < -0.39 is 0 Å². The zero-order valence-corrected chi connectivity index (χ0v) is 9.68. The first-order valence-corrected chi connectivity index (χ1v) is 5.64. The van der Waals surface area contributed by atoms with Crippen LogP contribution < -0.4 is 5.32 Å². The highest BCUT2D eigenvalue weighted by Gasteiger charge is 2.30. The molecule has 2 nitrogen and oxygen atoms in total. The molecule has 0 bridgehead atoms. The molecule has 1 aromatic carbocycles. The largest absolute Gasteiger partial charge is 0.379 e. The maximum atomic E-state index is 6.22. The third-order valence-corrected chi connectivity index (χ3v) is 3.21. The lowest BCUT2D eigenvalue weighted by Gasteiger charge is -2.28. The molecule has 0 radical (unpaired) electrons. The van der Waals surface area contributed by atoms with E-state index in [2.05, 4.69) is 18.3 Å². The fraction of sp³-hybridized carbons (Fsp3) is 0.500. The summed E-state index contributed by atoms with van der Waals surface area (Å²) < 4.78 is 5.60. The third-order valence-electron chi connectivity index (χ3n) is 2.88. The molecule has 2 rings (SSSR count). The molecular formula is C12H16ClNO. The Morgan fingerprint density at radius 1 is 1.40 bits per heavy atom. The molecule has 82 valence electrons. The molecule has 1 aliphatic heterocycles. The first-order chi connectivity index (χ1) is 7.22. The number of nitrogens with one attached hydrogen (secondary N) is 1. The molecule has 3 heteroatoms. The number of ether oxygens (including phenoxy) is 1. The van der Waals surface area contributed by atoms with E-state index in [1.54, 1.807) is 0 Å². The van der Waals surface area contributed by atoms with Crippen molar-refractivity contribution in [1.82, 2.24) is 5.32 Å². The molecule has 1 N–H and O–H groups in total. The standard InChI is InChI=1S/C12H16ClNO/c1-12(8-14-6-7-15-9-12)10-4-2-3-5-11(10)13/h2-5,14H,6-9H2,1H3. The van der Waals surface area contributed by atoms with Crippen molar-refractivity contribution in [1.29, 1.82) is 0 Å². The quantitative estimate of drug-likeness (QED) is 0.792. The minimum atomic E-state index is -0.0190. The summed E-state index contributed by atoms with van der Waals surface area (Å²) in [5.41, 5.74) is 1.15. The molecule has 1 saturated heterocycles. The smallest absolute Gasteiger partial charge is 0.0591 e. The van der Waals surface area contributed by atoms with E-state index in [-0.39, 0.29) is 5.41 Å². The van der Waals surface area contributed by atoms with Gasteiger partial charge in [0.25, 0.3) is 0 Å². The summed E-state index contributed by atoms with van der Waals surface area (Å²) in [4.78, 5) is 0. The van der Waals surface area contributed by atoms with Gasteiger partial charge in [0.1, 0.15) is 0 Å². The van der Waals surface area contributed by atoms with Crippen LogP contribution in [0, 0.1) is 0 Å². The Morgan fingerprint density at radius 2 is 2.20 bits per heavy atom. The molecule has 0 aliphatic carbocycles. The zero-order chi connectivity index (χ0) is 10.7. The fourth-order valence-corrected chi connectivity index (χ4v) is 2.34. The first-order valence-electron chi connectivity index (χ1n) is 5.26. The summed E-state index contributed by atoms with van der Waals surface area (Å²) in [7, 11) is 0. The van der Waals surface area contributed by atoms with Crippen LogP contribution in [0.2, 0.25) is 5.02 Å². The van der Waals surface area contributed by atoms with Crippen LogP contribution in [0.3, 0.4) is 0 Å². The van der Waals surface area contributed by atoms with Gasteiger partial charge in [-0.25, -0.2) is 0 Å². The molecule has 1 heterocycles. The highest BCUT2D eigenvalue weighted by atomic mass is 35.5. The van der Waals surface area contributed by atoms with Crippen molar-refractivity contribution in [3.8, 4) is 0 Å². The first kappa shape index (κ1) is 10.9. The van der Waals surface area contributed by atoms with Crippen molar-refractivity contribution in [2.45, 2.75) is 12.3 Å². The van der Waals surface area contributed by atoms with Gasteiger partial charge in [0.05, 0.1) is 13.2 Å². The van der Waals surface area contributed by atoms with Crippen LogP contribution in [-0.2, 0) is 10.2 Å². The van der Waals surface area contributed by atoms with E-state index in [0.717, 1.165) is 31.3 Å². The predicted molar refractivity (Wildman–Crippen MR) is 62.5 cm³/mol. The van der Waals surface area contributed by atoms with Crippen molar-refractivity contribution in [2.24, 2.45) is 0 Å². The van der Waals surface area contributed by atoms with Crippen molar-refractivity contribution in [3.05, 3.63) is 34.9 Å². The van der Waals surface area contributed by atoms with Crippen molar-refractivity contribution >= 4 is 11.6 Å². The van der Waals surface area contributed by atoms with Gasteiger partial charge in [-0.1, -0.05) is 36.7 Å². The zero-order valence-electron chi connectivity index (χ0n) is 8.92. The summed E-state index contributed by atoms with van der Waals surface area (Å²) in [6, 6.07) is 8.00. The number of halogens is 1. The SMILES string of the molecule is CC1(c2ccccc2Cl)CNCCOC1. The second-order valence-corrected chi connectivity index (χ2v) is 4.68. The highest BCUT2D eigenvalue weighted by Crippen LogP contribution is 2.30. The molecule has 0 spiro atoms. The second kappa shape index (κ2) is 4.52. The van der Waals surface area contributed by atoms with E-state index in [1.165, 1.54) is 5.56 Å². The Kier molecular flexibility index (Phi) is 3.29. The van der Waals surface area contributed by atoms with E-state index in [1.807, 2.05) is 18.2 Å². The summed E-state index contributed by atoms with van der Waals surface area (Å²) >= 11 is 6.22. The van der Waals surface area contributed by atoms with Gasteiger partial charge in [-0.3, -0.25) is 0 Å². The van der Waals surface area contributed by atoms with Gasteiger partial charge in [-0.05, 0) is 11.6 Å². The number of rotatable bonds is 1. The molecule has 15 heavy (non-hydrogen) atoms. The van der Waals surface area contributed by atoms with Gasteiger partial charge >= 0.3 is 0 Å². The van der Waals surface area contributed by atoms with Gasteiger partial charge in [0, 0.05) is 23.5 Å².